The topological polar surface area (TPSA) is 71.4 Å². The van der Waals surface area contributed by atoms with Crippen molar-refractivity contribution in [3.63, 3.8) is 0 Å². The molecule has 1 aliphatic heterocycles. The van der Waals surface area contributed by atoms with E-state index in [-0.39, 0.29) is 34.4 Å². The SMILES string of the molecule is CCC(C)n1cc(C(=O)NCC2(c3ccccc3)CCCCC2)c(=O)c(C(=O)N2CCCCCC2)c1. The van der Waals surface area contributed by atoms with Gasteiger partial charge < -0.3 is 14.8 Å². The van der Waals surface area contributed by atoms with Gasteiger partial charge in [0, 0.05) is 43.5 Å². The molecule has 2 amide bonds. The van der Waals surface area contributed by atoms with Crippen LogP contribution in [0.4, 0.5) is 0 Å². The van der Waals surface area contributed by atoms with Crippen LogP contribution < -0.4 is 10.7 Å². The minimum atomic E-state index is -0.460. The van der Waals surface area contributed by atoms with Crippen LogP contribution in [-0.4, -0.2) is 40.9 Å². The number of benzene rings is 1. The molecule has 1 aromatic heterocycles. The highest BCUT2D eigenvalue weighted by Crippen LogP contribution is 2.39. The second-order valence-electron chi connectivity index (χ2n) is 10.7. The first-order valence-electron chi connectivity index (χ1n) is 13.8. The number of amides is 2. The van der Waals surface area contributed by atoms with Gasteiger partial charge in [-0.25, -0.2) is 0 Å². The Morgan fingerprint density at radius 2 is 1.53 bits per heavy atom. The number of likely N-dealkylation sites (tertiary alicyclic amines) is 1. The zero-order valence-corrected chi connectivity index (χ0v) is 21.9. The number of aromatic nitrogens is 1. The lowest BCUT2D eigenvalue weighted by molar-refractivity contribution is 0.0759. The Balaban J connectivity index is 1.63. The van der Waals surface area contributed by atoms with Crippen LogP contribution in [0.2, 0.25) is 0 Å². The van der Waals surface area contributed by atoms with Crippen LogP contribution in [-0.2, 0) is 5.41 Å². The molecular weight excluding hydrogens is 450 g/mol. The summed E-state index contributed by atoms with van der Waals surface area (Å²) >= 11 is 0. The zero-order valence-electron chi connectivity index (χ0n) is 21.9. The van der Waals surface area contributed by atoms with Crippen molar-refractivity contribution in [2.24, 2.45) is 0 Å². The molecule has 1 unspecified atom stereocenters. The van der Waals surface area contributed by atoms with Gasteiger partial charge in [0.15, 0.2) is 0 Å². The molecule has 194 valence electrons. The third-order valence-corrected chi connectivity index (χ3v) is 8.30. The average Bonchev–Trinajstić information content (AvgIpc) is 3.22. The zero-order chi connectivity index (χ0) is 25.5. The maximum absolute atomic E-state index is 13.5. The van der Waals surface area contributed by atoms with Crippen molar-refractivity contribution in [3.8, 4) is 0 Å². The minimum Gasteiger partial charge on any atom is -0.351 e. The van der Waals surface area contributed by atoms with Gasteiger partial charge >= 0.3 is 0 Å². The molecule has 0 spiro atoms. The highest BCUT2D eigenvalue weighted by molar-refractivity contribution is 5.99. The van der Waals surface area contributed by atoms with Gasteiger partial charge in [-0.1, -0.05) is 69.4 Å². The standard InChI is InChI=1S/C30H41N3O3/c1-3-23(2)33-20-25(27(34)26(21-33)29(36)32-18-12-4-5-13-19-32)28(35)31-22-30(16-10-7-11-17-30)24-14-8-6-9-15-24/h6,8-9,14-15,20-21,23H,3-5,7,10-13,16-19,22H2,1-2H3,(H,31,35). The Morgan fingerprint density at radius 3 is 2.17 bits per heavy atom. The van der Waals surface area contributed by atoms with E-state index in [9.17, 15) is 14.4 Å². The van der Waals surface area contributed by atoms with Gasteiger partial charge in [0.1, 0.15) is 11.1 Å². The van der Waals surface area contributed by atoms with Gasteiger partial charge in [-0.2, -0.15) is 0 Å². The van der Waals surface area contributed by atoms with Crippen molar-refractivity contribution in [3.05, 3.63) is 69.6 Å². The molecule has 1 aromatic carbocycles. The minimum absolute atomic E-state index is 0.0648. The number of rotatable bonds is 7. The van der Waals surface area contributed by atoms with E-state index in [2.05, 4.69) is 36.5 Å². The largest absolute Gasteiger partial charge is 0.351 e. The van der Waals surface area contributed by atoms with Crippen LogP contribution in [0.1, 0.15) is 110 Å². The Kier molecular flexibility index (Phi) is 8.65. The third kappa shape index (κ3) is 5.74. The molecule has 0 bridgehead atoms. The van der Waals surface area contributed by atoms with Crippen molar-refractivity contribution in [2.75, 3.05) is 19.6 Å². The lowest BCUT2D eigenvalue weighted by Gasteiger charge is -2.38. The summed E-state index contributed by atoms with van der Waals surface area (Å²) in [4.78, 5) is 42.2. The summed E-state index contributed by atoms with van der Waals surface area (Å²) in [5, 5.41) is 3.11. The van der Waals surface area contributed by atoms with E-state index >= 15 is 0 Å². The normalized spacial score (nSPS) is 18.8. The molecule has 1 N–H and O–H groups in total. The van der Waals surface area contributed by atoms with Gasteiger partial charge in [0.05, 0.1) is 0 Å². The Bertz CT molecular complexity index is 1090. The molecule has 4 rings (SSSR count). The molecule has 0 radical (unpaired) electrons. The van der Waals surface area contributed by atoms with Gasteiger partial charge in [-0.15, -0.1) is 0 Å². The van der Waals surface area contributed by atoms with Crippen LogP contribution in [0.5, 0.6) is 0 Å². The van der Waals surface area contributed by atoms with Crippen LogP contribution in [0.3, 0.4) is 0 Å². The first kappa shape index (κ1) is 26.2. The number of pyridine rings is 1. The van der Waals surface area contributed by atoms with Crippen LogP contribution in [0.25, 0.3) is 0 Å². The predicted octanol–water partition coefficient (Wildman–Crippen LogP) is 5.47. The lowest BCUT2D eigenvalue weighted by Crippen LogP contribution is -2.44. The second kappa shape index (κ2) is 11.9. The summed E-state index contributed by atoms with van der Waals surface area (Å²) in [6.45, 7) is 5.92. The van der Waals surface area contributed by atoms with Crippen LogP contribution in [0.15, 0.2) is 47.5 Å². The summed E-state index contributed by atoms with van der Waals surface area (Å²) in [5.41, 5.74) is 0.839. The number of nitrogens with zero attached hydrogens (tertiary/aromatic N) is 2. The van der Waals surface area contributed by atoms with E-state index in [0.717, 1.165) is 57.8 Å². The molecule has 2 aliphatic rings. The molecule has 2 aromatic rings. The fourth-order valence-electron chi connectivity index (χ4n) is 5.75. The van der Waals surface area contributed by atoms with E-state index in [0.29, 0.717) is 19.6 Å². The number of hydrogen-bond acceptors (Lipinski definition) is 3. The van der Waals surface area contributed by atoms with E-state index < -0.39 is 5.43 Å². The first-order valence-corrected chi connectivity index (χ1v) is 13.8. The summed E-state index contributed by atoms with van der Waals surface area (Å²) in [7, 11) is 0. The smallest absolute Gasteiger partial charge is 0.259 e. The Morgan fingerprint density at radius 1 is 0.917 bits per heavy atom. The summed E-state index contributed by atoms with van der Waals surface area (Å²) in [6, 6.07) is 10.5. The monoisotopic (exact) mass is 491 g/mol. The predicted molar refractivity (Wildman–Crippen MR) is 144 cm³/mol. The lowest BCUT2D eigenvalue weighted by atomic mass is 9.69. The maximum Gasteiger partial charge on any atom is 0.259 e. The van der Waals surface area contributed by atoms with Crippen LogP contribution >= 0.6 is 0 Å². The van der Waals surface area contributed by atoms with Crippen molar-refractivity contribution >= 4 is 11.8 Å². The van der Waals surface area contributed by atoms with E-state index in [4.69, 9.17) is 0 Å². The number of carbonyl (C=O) groups is 2. The van der Waals surface area contributed by atoms with Crippen molar-refractivity contribution in [2.45, 2.75) is 89.5 Å². The van der Waals surface area contributed by atoms with Gasteiger partial charge in [-0.05, 0) is 44.6 Å². The van der Waals surface area contributed by atoms with Gasteiger partial charge in [0.25, 0.3) is 11.8 Å². The van der Waals surface area contributed by atoms with Crippen molar-refractivity contribution in [1.29, 1.82) is 0 Å². The molecule has 1 saturated heterocycles. The van der Waals surface area contributed by atoms with Crippen LogP contribution in [0, 0.1) is 0 Å². The fourth-order valence-corrected chi connectivity index (χ4v) is 5.75. The van der Waals surface area contributed by atoms with E-state index in [1.54, 1.807) is 17.3 Å². The summed E-state index contributed by atoms with van der Waals surface area (Å²) < 4.78 is 1.87. The molecular formula is C30H41N3O3. The molecule has 1 saturated carbocycles. The highest BCUT2D eigenvalue weighted by atomic mass is 16.2. The van der Waals surface area contributed by atoms with E-state index in [1.165, 1.54) is 12.0 Å². The van der Waals surface area contributed by atoms with Crippen molar-refractivity contribution < 1.29 is 9.59 Å². The molecule has 6 heteroatoms. The Hall–Kier alpha value is -2.89. The molecule has 6 nitrogen and oxygen atoms in total. The summed E-state index contributed by atoms with van der Waals surface area (Å²) in [6.07, 6.45) is 13.7. The maximum atomic E-state index is 13.5. The third-order valence-electron chi connectivity index (χ3n) is 8.30. The molecule has 1 atom stereocenters. The Labute approximate surface area is 215 Å². The van der Waals surface area contributed by atoms with E-state index in [1.807, 2.05) is 17.6 Å². The highest BCUT2D eigenvalue weighted by Gasteiger charge is 2.34. The molecule has 36 heavy (non-hydrogen) atoms. The number of carbonyl (C=O) groups excluding carboxylic acids is 2. The quantitative estimate of drug-likeness (QED) is 0.558. The number of hydrogen-bond donors (Lipinski definition) is 1. The molecule has 2 heterocycles. The fraction of sp³-hybridized carbons (Fsp3) is 0.567. The van der Waals surface area contributed by atoms with Gasteiger partial charge in [0.2, 0.25) is 5.43 Å². The first-order chi connectivity index (χ1) is 17.4. The summed E-state index contributed by atoms with van der Waals surface area (Å²) in [5.74, 6) is -0.634. The van der Waals surface area contributed by atoms with Crippen molar-refractivity contribution in [1.82, 2.24) is 14.8 Å². The van der Waals surface area contributed by atoms with Gasteiger partial charge in [-0.3, -0.25) is 14.4 Å². The average molecular weight is 492 g/mol. The molecule has 1 aliphatic carbocycles. The molecule has 2 fully saturated rings. The number of nitrogens with one attached hydrogen (secondary N) is 1. The second-order valence-corrected chi connectivity index (χ2v) is 10.7.